The Morgan fingerprint density at radius 2 is 2.40 bits per heavy atom. The lowest BCUT2D eigenvalue weighted by Crippen LogP contribution is -2.13. The smallest absolute Gasteiger partial charge is 0.0862 e. The van der Waals surface area contributed by atoms with Crippen LogP contribution in [0.2, 0.25) is 5.02 Å². The first-order chi connectivity index (χ1) is 7.16. The maximum absolute atomic E-state index is 6.04. The highest BCUT2D eigenvalue weighted by Crippen LogP contribution is 2.22. The molecule has 0 aliphatic heterocycles. The van der Waals surface area contributed by atoms with E-state index in [0.29, 0.717) is 0 Å². The standard InChI is InChI=1S/C11H18ClN3/c1-4-13-7-5-6-9(2)11-10(12)8-14-15(11)3/h6,8,13H,4-5,7H2,1-3H3/b9-6-. The van der Waals surface area contributed by atoms with Crippen LogP contribution < -0.4 is 5.32 Å². The molecule has 0 unspecified atom stereocenters. The molecule has 1 N–H and O–H groups in total. The minimum atomic E-state index is 0.717. The molecule has 15 heavy (non-hydrogen) atoms. The minimum Gasteiger partial charge on any atom is -0.317 e. The van der Waals surface area contributed by atoms with E-state index in [1.54, 1.807) is 10.9 Å². The molecular formula is C11H18ClN3. The maximum Gasteiger partial charge on any atom is 0.0862 e. The highest BCUT2D eigenvalue weighted by Gasteiger charge is 2.07. The van der Waals surface area contributed by atoms with Gasteiger partial charge in [-0.1, -0.05) is 24.6 Å². The van der Waals surface area contributed by atoms with Crippen molar-refractivity contribution in [2.45, 2.75) is 20.3 Å². The number of allylic oxidation sites excluding steroid dienone is 1. The Morgan fingerprint density at radius 3 is 2.93 bits per heavy atom. The van der Waals surface area contributed by atoms with Gasteiger partial charge in [-0.05, 0) is 32.0 Å². The topological polar surface area (TPSA) is 29.9 Å². The number of aromatic nitrogens is 2. The molecule has 0 aromatic carbocycles. The first-order valence-electron chi connectivity index (χ1n) is 5.22. The maximum atomic E-state index is 6.04. The molecule has 0 aliphatic carbocycles. The first-order valence-corrected chi connectivity index (χ1v) is 5.60. The van der Waals surface area contributed by atoms with E-state index in [1.807, 2.05) is 7.05 Å². The SMILES string of the molecule is CCNCC/C=C(/C)c1c(Cl)cnn1C. The van der Waals surface area contributed by atoms with Crippen molar-refractivity contribution in [3.8, 4) is 0 Å². The van der Waals surface area contributed by atoms with Gasteiger partial charge in [-0.15, -0.1) is 0 Å². The zero-order chi connectivity index (χ0) is 11.3. The third-order valence-electron chi connectivity index (χ3n) is 2.29. The Labute approximate surface area is 96.1 Å². The monoisotopic (exact) mass is 227 g/mol. The molecule has 4 heteroatoms. The molecule has 84 valence electrons. The summed E-state index contributed by atoms with van der Waals surface area (Å²) in [6.45, 7) is 6.19. The number of nitrogens with zero attached hydrogens (tertiary/aromatic N) is 2. The molecule has 0 spiro atoms. The van der Waals surface area contributed by atoms with Crippen molar-refractivity contribution in [3.05, 3.63) is 23.0 Å². The summed E-state index contributed by atoms with van der Waals surface area (Å²) in [5, 5.41) is 8.11. The van der Waals surface area contributed by atoms with Crippen LogP contribution in [0.1, 0.15) is 26.0 Å². The fourth-order valence-electron chi connectivity index (χ4n) is 1.52. The predicted molar refractivity (Wildman–Crippen MR) is 65.0 cm³/mol. The lowest BCUT2D eigenvalue weighted by molar-refractivity contribution is 0.725. The van der Waals surface area contributed by atoms with Crippen LogP contribution in [0.4, 0.5) is 0 Å². The van der Waals surface area contributed by atoms with Crippen LogP contribution in [-0.4, -0.2) is 22.9 Å². The second-order valence-corrected chi connectivity index (χ2v) is 3.90. The number of halogens is 1. The second-order valence-electron chi connectivity index (χ2n) is 3.49. The normalized spacial score (nSPS) is 12.1. The molecule has 0 radical (unpaired) electrons. The van der Waals surface area contributed by atoms with Gasteiger partial charge < -0.3 is 5.32 Å². The summed E-state index contributed by atoms with van der Waals surface area (Å²) < 4.78 is 1.81. The summed E-state index contributed by atoms with van der Waals surface area (Å²) in [7, 11) is 1.91. The Bertz CT molecular complexity index is 322. The summed E-state index contributed by atoms with van der Waals surface area (Å²) in [6.07, 6.45) is 4.88. The van der Waals surface area contributed by atoms with Gasteiger partial charge in [0.15, 0.2) is 0 Å². The van der Waals surface area contributed by atoms with Crippen LogP contribution in [0.15, 0.2) is 12.3 Å². The molecule has 0 atom stereocenters. The van der Waals surface area contributed by atoms with Gasteiger partial charge >= 0.3 is 0 Å². The number of hydrogen-bond acceptors (Lipinski definition) is 2. The van der Waals surface area contributed by atoms with Gasteiger partial charge in [-0.25, -0.2) is 0 Å². The summed E-state index contributed by atoms with van der Waals surface area (Å²) in [5.41, 5.74) is 2.19. The number of rotatable bonds is 5. The summed E-state index contributed by atoms with van der Waals surface area (Å²) in [4.78, 5) is 0. The molecular weight excluding hydrogens is 210 g/mol. The van der Waals surface area contributed by atoms with Gasteiger partial charge in [0, 0.05) is 7.05 Å². The van der Waals surface area contributed by atoms with Crippen molar-refractivity contribution in [3.63, 3.8) is 0 Å². The molecule has 0 amide bonds. The minimum absolute atomic E-state index is 0.717. The van der Waals surface area contributed by atoms with Crippen molar-refractivity contribution in [1.82, 2.24) is 15.1 Å². The van der Waals surface area contributed by atoms with E-state index >= 15 is 0 Å². The van der Waals surface area contributed by atoms with Gasteiger partial charge in [0.25, 0.3) is 0 Å². The van der Waals surface area contributed by atoms with Crippen molar-refractivity contribution >= 4 is 17.2 Å². The molecule has 1 heterocycles. The fraction of sp³-hybridized carbons (Fsp3) is 0.545. The van der Waals surface area contributed by atoms with Gasteiger partial charge in [-0.3, -0.25) is 4.68 Å². The van der Waals surface area contributed by atoms with E-state index in [4.69, 9.17) is 11.6 Å². The van der Waals surface area contributed by atoms with E-state index in [2.05, 4.69) is 30.3 Å². The Balaban J connectivity index is 2.63. The number of aryl methyl sites for hydroxylation is 1. The average Bonchev–Trinajstić information content (AvgIpc) is 2.53. The van der Waals surface area contributed by atoms with Crippen LogP contribution in [0, 0.1) is 0 Å². The van der Waals surface area contributed by atoms with Crippen LogP contribution in [-0.2, 0) is 7.05 Å². The van der Waals surface area contributed by atoms with Crippen LogP contribution >= 0.6 is 11.6 Å². The lowest BCUT2D eigenvalue weighted by atomic mass is 10.2. The van der Waals surface area contributed by atoms with Gasteiger partial charge in [0.1, 0.15) is 0 Å². The molecule has 3 nitrogen and oxygen atoms in total. The van der Waals surface area contributed by atoms with Crippen LogP contribution in [0.3, 0.4) is 0 Å². The largest absolute Gasteiger partial charge is 0.317 e. The Morgan fingerprint density at radius 1 is 1.67 bits per heavy atom. The molecule has 0 saturated carbocycles. The van der Waals surface area contributed by atoms with E-state index in [0.717, 1.165) is 30.2 Å². The summed E-state index contributed by atoms with van der Waals surface area (Å²) >= 11 is 6.04. The predicted octanol–water partition coefficient (Wildman–Crippen LogP) is 2.48. The summed E-state index contributed by atoms with van der Waals surface area (Å²) in [6, 6.07) is 0. The second kappa shape index (κ2) is 5.93. The zero-order valence-corrected chi connectivity index (χ0v) is 10.3. The molecule has 1 rings (SSSR count). The van der Waals surface area contributed by atoms with Crippen molar-refractivity contribution in [1.29, 1.82) is 0 Å². The van der Waals surface area contributed by atoms with E-state index < -0.39 is 0 Å². The fourth-order valence-corrected chi connectivity index (χ4v) is 1.83. The van der Waals surface area contributed by atoms with Crippen molar-refractivity contribution in [2.75, 3.05) is 13.1 Å². The van der Waals surface area contributed by atoms with Gasteiger partial charge in [0.2, 0.25) is 0 Å². The Hall–Kier alpha value is -0.800. The Kier molecular flexibility index (Phi) is 4.85. The quantitative estimate of drug-likeness (QED) is 0.784. The third-order valence-corrected chi connectivity index (χ3v) is 2.57. The molecule has 0 fully saturated rings. The van der Waals surface area contributed by atoms with Crippen molar-refractivity contribution in [2.24, 2.45) is 7.05 Å². The molecule has 0 saturated heterocycles. The van der Waals surface area contributed by atoms with E-state index in [-0.39, 0.29) is 0 Å². The molecule has 1 aromatic rings. The first kappa shape index (κ1) is 12.3. The van der Waals surface area contributed by atoms with Crippen LogP contribution in [0.5, 0.6) is 0 Å². The van der Waals surface area contributed by atoms with Gasteiger partial charge in [-0.2, -0.15) is 5.10 Å². The highest BCUT2D eigenvalue weighted by atomic mass is 35.5. The lowest BCUT2D eigenvalue weighted by Gasteiger charge is -2.03. The van der Waals surface area contributed by atoms with Crippen LogP contribution in [0.25, 0.3) is 5.57 Å². The van der Waals surface area contributed by atoms with E-state index in [9.17, 15) is 0 Å². The summed E-state index contributed by atoms with van der Waals surface area (Å²) in [5.74, 6) is 0. The number of hydrogen-bond donors (Lipinski definition) is 1. The van der Waals surface area contributed by atoms with E-state index in [1.165, 1.54) is 5.57 Å². The average molecular weight is 228 g/mol. The number of nitrogens with one attached hydrogen (secondary N) is 1. The molecule has 1 aromatic heterocycles. The molecule has 0 aliphatic rings. The van der Waals surface area contributed by atoms with Crippen molar-refractivity contribution < 1.29 is 0 Å². The van der Waals surface area contributed by atoms with Gasteiger partial charge in [0.05, 0.1) is 16.9 Å². The zero-order valence-electron chi connectivity index (χ0n) is 9.55. The molecule has 0 bridgehead atoms. The highest BCUT2D eigenvalue weighted by molar-refractivity contribution is 6.32. The third kappa shape index (κ3) is 3.36.